The van der Waals surface area contributed by atoms with Crippen LogP contribution in [0.25, 0.3) is 22.3 Å². The molecule has 6 nitrogen and oxygen atoms in total. The first-order valence-electron chi connectivity index (χ1n) is 10.8. The number of rotatable bonds is 6. The number of hydrogen-bond donors (Lipinski definition) is 2. The van der Waals surface area contributed by atoms with Gasteiger partial charge in [0.05, 0.1) is 7.11 Å². The van der Waals surface area contributed by atoms with E-state index in [4.69, 9.17) is 10.5 Å². The van der Waals surface area contributed by atoms with Gasteiger partial charge in [-0.2, -0.15) is 0 Å². The molecule has 0 saturated heterocycles. The number of amides is 1. The number of benzene rings is 3. The number of anilines is 1. The lowest BCUT2D eigenvalue weighted by molar-refractivity contribution is 0.101. The normalized spacial score (nSPS) is 10.7. The quantitative estimate of drug-likeness (QED) is 0.412. The lowest BCUT2D eigenvalue weighted by atomic mass is 9.90. The third kappa shape index (κ3) is 4.38. The molecular formula is C27H25FN4O2. The molecule has 0 aliphatic carbocycles. The number of hydrogen-bond acceptors (Lipinski definition) is 5. The summed E-state index contributed by atoms with van der Waals surface area (Å²) in [7, 11) is 1.50. The minimum atomic E-state index is -0.398. The van der Waals surface area contributed by atoms with Crippen LogP contribution in [0, 0.1) is 19.7 Å². The third-order valence-electron chi connectivity index (χ3n) is 5.86. The molecular weight excluding hydrogens is 431 g/mol. The van der Waals surface area contributed by atoms with Gasteiger partial charge in [-0.05, 0) is 71.5 Å². The van der Waals surface area contributed by atoms with E-state index in [2.05, 4.69) is 15.3 Å². The highest BCUT2D eigenvalue weighted by Gasteiger charge is 2.17. The summed E-state index contributed by atoms with van der Waals surface area (Å²) in [6.07, 6.45) is 3.05. The van der Waals surface area contributed by atoms with Gasteiger partial charge in [0, 0.05) is 30.2 Å². The van der Waals surface area contributed by atoms with Crippen molar-refractivity contribution in [2.45, 2.75) is 20.4 Å². The predicted molar refractivity (Wildman–Crippen MR) is 131 cm³/mol. The molecule has 3 aromatic carbocycles. The van der Waals surface area contributed by atoms with Gasteiger partial charge >= 0.3 is 0 Å². The average Bonchev–Trinajstić information content (AvgIpc) is 2.85. The Morgan fingerprint density at radius 1 is 0.971 bits per heavy atom. The summed E-state index contributed by atoms with van der Waals surface area (Å²) in [5.74, 6) is -0.256. The van der Waals surface area contributed by atoms with E-state index in [0.29, 0.717) is 22.6 Å². The maximum absolute atomic E-state index is 14.7. The second-order valence-corrected chi connectivity index (χ2v) is 7.83. The third-order valence-corrected chi connectivity index (χ3v) is 5.86. The van der Waals surface area contributed by atoms with Gasteiger partial charge in [-0.1, -0.05) is 30.3 Å². The lowest BCUT2D eigenvalue weighted by Gasteiger charge is -2.17. The molecule has 172 valence electrons. The van der Waals surface area contributed by atoms with E-state index < -0.39 is 5.82 Å². The molecule has 0 bridgehead atoms. The van der Waals surface area contributed by atoms with Crippen molar-refractivity contribution >= 4 is 11.6 Å². The number of nitrogens with zero attached hydrogens (tertiary/aromatic N) is 2. The lowest BCUT2D eigenvalue weighted by Crippen LogP contribution is -2.16. The summed E-state index contributed by atoms with van der Waals surface area (Å²) in [6, 6.07) is 16.6. The molecule has 0 saturated carbocycles. The highest BCUT2D eigenvalue weighted by molar-refractivity contribution is 6.02. The zero-order valence-corrected chi connectivity index (χ0v) is 19.2. The van der Waals surface area contributed by atoms with Crippen molar-refractivity contribution in [1.82, 2.24) is 9.97 Å². The zero-order chi connectivity index (χ0) is 24.2. The first kappa shape index (κ1) is 23.1. The molecule has 4 aromatic rings. The fourth-order valence-electron chi connectivity index (χ4n) is 4.04. The summed E-state index contributed by atoms with van der Waals surface area (Å²) in [5, 5.41) is 2.90. The van der Waals surface area contributed by atoms with Crippen LogP contribution in [0.1, 0.15) is 27.3 Å². The summed E-state index contributed by atoms with van der Waals surface area (Å²) >= 11 is 0. The van der Waals surface area contributed by atoms with Crippen LogP contribution >= 0.6 is 0 Å². The Balaban J connectivity index is 1.75. The summed E-state index contributed by atoms with van der Waals surface area (Å²) in [5.41, 5.74) is 12.1. The SMILES string of the molecule is COc1cc(-c2cccc(-c3cccc(NC(=O)c4ncccn4)c3C)c2C)cc(F)c1CN. The Labute approximate surface area is 197 Å². The van der Waals surface area contributed by atoms with Gasteiger partial charge in [0.25, 0.3) is 5.91 Å². The number of nitrogens with two attached hydrogens (primary N) is 1. The fourth-order valence-corrected chi connectivity index (χ4v) is 4.04. The van der Waals surface area contributed by atoms with Gasteiger partial charge in [0.1, 0.15) is 11.6 Å². The smallest absolute Gasteiger partial charge is 0.293 e. The molecule has 0 fully saturated rings. The van der Waals surface area contributed by atoms with Crippen LogP contribution in [0.15, 0.2) is 67.0 Å². The van der Waals surface area contributed by atoms with E-state index >= 15 is 0 Å². The summed E-state index contributed by atoms with van der Waals surface area (Å²) in [6.45, 7) is 4.00. The molecule has 1 heterocycles. The molecule has 0 spiro atoms. The maximum atomic E-state index is 14.7. The molecule has 3 N–H and O–H groups in total. The van der Waals surface area contributed by atoms with E-state index in [1.807, 2.05) is 50.2 Å². The molecule has 1 amide bonds. The monoisotopic (exact) mass is 456 g/mol. The Bertz CT molecular complexity index is 1360. The Morgan fingerprint density at radius 2 is 1.62 bits per heavy atom. The molecule has 0 radical (unpaired) electrons. The van der Waals surface area contributed by atoms with Crippen molar-refractivity contribution < 1.29 is 13.9 Å². The fraction of sp³-hybridized carbons (Fsp3) is 0.148. The second kappa shape index (κ2) is 9.80. The van der Waals surface area contributed by atoms with Gasteiger partial charge in [0.2, 0.25) is 5.82 Å². The standard InChI is InChI=1S/C27H25FN4O2/c1-16-19(18-13-23(28)22(15-29)25(14-18)34-3)7-4-8-20(16)21-9-5-10-24(17(21)2)32-27(33)26-30-11-6-12-31-26/h4-14H,15,29H2,1-3H3,(H,32,33). The van der Waals surface area contributed by atoms with Crippen LogP contribution in [-0.4, -0.2) is 23.0 Å². The van der Waals surface area contributed by atoms with Crippen LogP contribution in [0.4, 0.5) is 10.1 Å². The van der Waals surface area contributed by atoms with Gasteiger partial charge in [0.15, 0.2) is 0 Å². The van der Waals surface area contributed by atoms with E-state index in [1.165, 1.54) is 25.6 Å². The topological polar surface area (TPSA) is 90.1 Å². The van der Waals surface area contributed by atoms with Crippen molar-refractivity contribution in [1.29, 1.82) is 0 Å². The highest BCUT2D eigenvalue weighted by atomic mass is 19.1. The number of halogens is 1. The molecule has 0 unspecified atom stereocenters. The van der Waals surface area contributed by atoms with Crippen molar-refractivity contribution in [3.63, 3.8) is 0 Å². The van der Waals surface area contributed by atoms with E-state index in [-0.39, 0.29) is 18.3 Å². The van der Waals surface area contributed by atoms with Gasteiger partial charge in [-0.15, -0.1) is 0 Å². The molecule has 0 aliphatic heterocycles. The Morgan fingerprint density at radius 3 is 2.29 bits per heavy atom. The van der Waals surface area contributed by atoms with Crippen LogP contribution in [-0.2, 0) is 6.54 Å². The molecule has 0 atom stereocenters. The van der Waals surface area contributed by atoms with Gasteiger partial charge in [-0.25, -0.2) is 14.4 Å². The van der Waals surface area contributed by atoms with Crippen LogP contribution in [0.5, 0.6) is 5.75 Å². The van der Waals surface area contributed by atoms with Gasteiger partial charge in [-0.3, -0.25) is 4.79 Å². The number of carbonyl (C=O) groups is 1. The van der Waals surface area contributed by atoms with Crippen LogP contribution < -0.4 is 15.8 Å². The van der Waals surface area contributed by atoms with Crippen LogP contribution in [0.3, 0.4) is 0 Å². The first-order chi connectivity index (χ1) is 16.4. The summed E-state index contributed by atoms with van der Waals surface area (Å²) < 4.78 is 20.1. The predicted octanol–water partition coefficient (Wildman–Crippen LogP) is 5.29. The Kier molecular flexibility index (Phi) is 6.65. The highest BCUT2D eigenvalue weighted by Crippen LogP contribution is 2.37. The van der Waals surface area contributed by atoms with E-state index in [1.54, 1.807) is 12.1 Å². The second-order valence-electron chi connectivity index (χ2n) is 7.83. The molecule has 4 rings (SSSR count). The average molecular weight is 457 g/mol. The van der Waals surface area contributed by atoms with Crippen molar-refractivity contribution in [2.75, 3.05) is 12.4 Å². The summed E-state index contributed by atoms with van der Waals surface area (Å²) in [4.78, 5) is 20.6. The molecule has 34 heavy (non-hydrogen) atoms. The minimum Gasteiger partial charge on any atom is -0.496 e. The van der Waals surface area contributed by atoms with E-state index in [0.717, 1.165) is 27.8 Å². The van der Waals surface area contributed by atoms with E-state index in [9.17, 15) is 9.18 Å². The van der Waals surface area contributed by atoms with Crippen LogP contribution in [0.2, 0.25) is 0 Å². The first-order valence-corrected chi connectivity index (χ1v) is 10.8. The number of aromatic nitrogens is 2. The zero-order valence-electron chi connectivity index (χ0n) is 19.2. The molecule has 7 heteroatoms. The number of carbonyl (C=O) groups excluding carboxylic acids is 1. The van der Waals surface area contributed by atoms with Crippen molar-refractivity contribution in [3.05, 3.63) is 95.3 Å². The Hall–Kier alpha value is -4.10. The van der Waals surface area contributed by atoms with Gasteiger partial charge < -0.3 is 15.8 Å². The minimum absolute atomic E-state index is 0.0556. The largest absolute Gasteiger partial charge is 0.496 e. The van der Waals surface area contributed by atoms with Crippen molar-refractivity contribution in [3.8, 4) is 28.0 Å². The number of methoxy groups -OCH3 is 1. The van der Waals surface area contributed by atoms with Crippen molar-refractivity contribution in [2.24, 2.45) is 5.73 Å². The number of ether oxygens (including phenoxy) is 1. The molecule has 1 aromatic heterocycles. The maximum Gasteiger partial charge on any atom is 0.293 e. The molecule has 0 aliphatic rings. The number of nitrogens with one attached hydrogen (secondary N) is 1.